The third kappa shape index (κ3) is 3.45. The monoisotopic (exact) mass is 290 g/mol. The Morgan fingerprint density at radius 2 is 1.78 bits per heavy atom. The summed E-state index contributed by atoms with van der Waals surface area (Å²) in [5.41, 5.74) is 0. The first kappa shape index (κ1) is 15.9. The normalized spacial score (nSPS) is 41.9. The molecule has 10 nitrogen and oxygen atoms in total. The van der Waals surface area contributed by atoms with Crippen LogP contribution in [-0.2, 0) is 13.8 Å². The smallest absolute Gasteiger partial charge is 0.391 e. The van der Waals surface area contributed by atoms with Crippen LogP contribution in [0.3, 0.4) is 0 Å². The number of hydrogen-bond donors (Lipinski definition) is 7. The van der Waals surface area contributed by atoms with E-state index < -0.39 is 51.2 Å². The molecule has 5 atom stereocenters. The number of hydrogen-bond acceptors (Lipinski definition) is 8. The molecule has 1 heterocycles. The predicted molar refractivity (Wildman–Crippen MR) is 52.9 cm³/mol. The molecule has 0 saturated carbocycles. The van der Waals surface area contributed by atoms with Gasteiger partial charge in [-0.2, -0.15) is 0 Å². The third-order valence-electron chi connectivity index (χ3n) is 2.51. The number of phosphoric acid groups is 1. The summed E-state index contributed by atoms with van der Waals surface area (Å²) in [6.45, 7) is -1.94. The predicted octanol–water partition coefficient (Wildman–Crippen LogP) is -3.74. The highest BCUT2D eigenvalue weighted by Crippen LogP contribution is 2.37. The molecule has 18 heavy (non-hydrogen) atoms. The average molecular weight is 290 g/mol. The van der Waals surface area contributed by atoms with E-state index in [1.54, 1.807) is 0 Å². The minimum atomic E-state index is -4.82. The van der Waals surface area contributed by atoms with Crippen molar-refractivity contribution in [3.8, 4) is 0 Å². The van der Waals surface area contributed by atoms with Crippen molar-refractivity contribution in [2.24, 2.45) is 0 Å². The van der Waals surface area contributed by atoms with Gasteiger partial charge in [0.2, 0.25) is 5.79 Å². The van der Waals surface area contributed by atoms with Gasteiger partial charge < -0.3 is 40.1 Å². The van der Waals surface area contributed by atoms with Crippen LogP contribution in [-0.4, -0.2) is 78.7 Å². The SMILES string of the molecule is O=P(O)(O)OCC1OC(O)(CO)C(O)C(O)C1O. The fraction of sp³-hybridized carbons (Fsp3) is 1.00. The Labute approximate surface area is 101 Å². The second-order valence-electron chi connectivity index (χ2n) is 3.87. The van der Waals surface area contributed by atoms with E-state index in [1.807, 2.05) is 0 Å². The van der Waals surface area contributed by atoms with E-state index in [0.717, 1.165) is 0 Å². The van der Waals surface area contributed by atoms with E-state index in [9.17, 15) is 25.0 Å². The van der Waals surface area contributed by atoms with Crippen LogP contribution >= 0.6 is 7.82 Å². The molecule has 0 aliphatic carbocycles. The maximum atomic E-state index is 10.5. The minimum absolute atomic E-state index is 0.850. The van der Waals surface area contributed by atoms with Crippen LogP contribution in [0.25, 0.3) is 0 Å². The van der Waals surface area contributed by atoms with Gasteiger partial charge in [-0.3, -0.25) is 4.52 Å². The highest BCUT2D eigenvalue weighted by molar-refractivity contribution is 7.46. The molecule has 0 radical (unpaired) electrons. The summed E-state index contributed by atoms with van der Waals surface area (Å²) in [5.74, 6) is -2.55. The van der Waals surface area contributed by atoms with Crippen LogP contribution in [0.5, 0.6) is 0 Å². The van der Waals surface area contributed by atoms with Gasteiger partial charge >= 0.3 is 7.82 Å². The van der Waals surface area contributed by atoms with Crippen molar-refractivity contribution in [2.75, 3.05) is 13.2 Å². The van der Waals surface area contributed by atoms with Crippen LogP contribution in [0.2, 0.25) is 0 Å². The van der Waals surface area contributed by atoms with Crippen molar-refractivity contribution in [1.29, 1.82) is 0 Å². The lowest BCUT2D eigenvalue weighted by atomic mass is 9.93. The van der Waals surface area contributed by atoms with Crippen LogP contribution in [0.4, 0.5) is 0 Å². The molecule has 0 bridgehead atoms. The molecule has 0 spiro atoms. The Hall–Kier alpha value is -0.130. The molecule has 108 valence electrons. The zero-order valence-corrected chi connectivity index (χ0v) is 9.92. The number of ether oxygens (including phenoxy) is 1. The van der Waals surface area contributed by atoms with Gasteiger partial charge in [-0.1, -0.05) is 0 Å². The molecule has 0 aromatic carbocycles. The Kier molecular flexibility index (Phi) is 4.84. The molecule has 5 unspecified atom stereocenters. The van der Waals surface area contributed by atoms with Gasteiger partial charge in [0.1, 0.15) is 24.4 Å². The molecule has 1 saturated heterocycles. The van der Waals surface area contributed by atoms with Gasteiger partial charge in [-0.05, 0) is 0 Å². The van der Waals surface area contributed by atoms with E-state index in [1.165, 1.54) is 0 Å². The van der Waals surface area contributed by atoms with E-state index in [2.05, 4.69) is 4.52 Å². The summed E-state index contributed by atoms with van der Waals surface area (Å²) in [6.07, 6.45) is -7.14. The maximum Gasteiger partial charge on any atom is 0.469 e. The van der Waals surface area contributed by atoms with Crippen molar-refractivity contribution in [3.63, 3.8) is 0 Å². The van der Waals surface area contributed by atoms with Crippen molar-refractivity contribution in [3.05, 3.63) is 0 Å². The van der Waals surface area contributed by atoms with Gasteiger partial charge in [-0.15, -0.1) is 0 Å². The highest BCUT2D eigenvalue weighted by Gasteiger charge is 2.52. The largest absolute Gasteiger partial charge is 0.469 e. The zero-order valence-electron chi connectivity index (χ0n) is 9.03. The van der Waals surface area contributed by atoms with Crippen molar-refractivity contribution >= 4 is 7.82 Å². The highest BCUT2D eigenvalue weighted by atomic mass is 31.2. The van der Waals surface area contributed by atoms with E-state index in [0.29, 0.717) is 0 Å². The zero-order chi connectivity index (χ0) is 14.1. The molecule has 1 rings (SSSR count). The lowest BCUT2D eigenvalue weighted by Crippen LogP contribution is -2.66. The van der Waals surface area contributed by atoms with Crippen molar-refractivity contribution < 1.29 is 49.1 Å². The van der Waals surface area contributed by atoms with Crippen LogP contribution in [0.15, 0.2) is 0 Å². The van der Waals surface area contributed by atoms with E-state index in [4.69, 9.17) is 19.6 Å². The molecule has 7 N–H and O–H groups in total. The van der Waals surface area contributed by atoms with E-state index in [-0.39, 0.29) is 0 Å². The third-order valence-corrected chi connectivity index (χ3v) is 2.99. The fourth-order valence-corrected chi connectivity index (χ4v) is 1.85. The van der Waals surface area contributed by atoms with Gasteiger partial charge in [0.25, 0.3) is 0 Å². The number of rotatable bonds is 4. The molecule has 0 amide bonds. The summed E-state index contributed by atoms with van der Waals surface area (Å²) < 4.78 is 19.2. The Balaban J connectivity index is 2.77. The standard InChI is InChI=1S/C7H15O10P/c8-2-7(12)6(11)5(10)4(9)3(17-7)1-16-18(13,14)15/h3-6,8-12H,1-2H2,(H2,13,14,15). The Morgan fingerprint density at radius 3 is 2.22 bits per heavy atom. The summed E-state index contributed by atoms with van der Waals surface area (Å²) in [6, 6.07) is 0. The quantitative estimate of drug-likeness (QED) is 0.254. The first-order valence-corrected chi connectivity index (χ1v) is 6.39. The molecule has 11 heteroatoms. The topological polar surface area (TPSA) is 177 Å². The second-order valence-corrected chi connectivity index (χ2v) is 5.11. The molecule has 0 aromatic rings. The summed E-state index contributed by atoms with van der Waals surface area (Å²) in [7, 11) is -4.82. The second kappa shape index (κ2) is 5.47. The summed E-state index contributed by atoms with van der Waals surface area (Å²) in [5, 5.41) is 46.7. The fourth-order valence-electron chi connectivity index (χ4n) is 1.51. The van der Waals surface area contributed by atoms with Crippen molar-refractivity contribution in [1.82, 2.24) is 0 Å². The van der Waals surface area contributed by atoms with Gasteiger partial charge in [0, 0.05) is 0 Å². The summed E-state index contributed by atoms with van der Waals surface area (Å²) in [4.78, 5) is 16.9. The molecule has 1 aliphatic rings. The maximum absolute atomic E-state index is 10.5. The molecular formula is C7H15O10P. The average Bonchev–Trinajstić information content (AvgIpc) is 2.28. The van der Waals surface area contributed by atoms with Gasteiger partial charge in [0.15, 0.2) is 0 Å². The lowest BCUT2D eigenvalue weighted by molar-refractivity contribution is -0.357. The van der Waals surface area contributed by atoms with Gasteiger partial charge in [-0.25, -0.2) is 4.57 Å². The van der Waals surface area contributed by atoms with Crippen LogP contribution in [0, 0.1) is 0 Å². The first-order chi connectivity index (χ1) is 8.10. The molecule has 1 fully saturated rings. The van der Waals surface area contributed by atoms with Crippen LogP contribution < -0.4 is 0 Å². The van der Waals surface area contributed by atoms with E-state index >= 15 is 0 Å². The molecule has 0 aromatic heterocycles. The first-order valence-electron chi connectivity index (χ1n) is 4.86. The van der Waals surface area contributed by atoms with Gasteiger partial charge in [0.05, 0.1) is 13.2 Å². The minimum Gasteiger partial charge on any atom is -0.391 e. The number of aliphatic hydroxyl groups is 5. The number of aliphatic hydroxyl groups excluding tert-OH is 4. The number of phosphoric ester groups is 1. The van der Waals surface area contributed by atoms with Crippen LogP contribution in [0.1, 0.15) is 0 Å². The van der Waals surface area contributed by atoms with Crippen molar-refractivity contribution in [2.45, 2.75) is 30.2 Å². The molecule has 1 aliphatic heterocycles. The summed E-state index contributed by atoms with van der Waals surface area (Å²) >= 11 is 0. The Morgan fingerprint density at radius 1 is 1.22 bits per heavy atom. The Bertz CT molecular complexity index is 330. The molecular weight excluding hydrogens is 275 g/mol. The lowest BCUT2D eigenvalue weighted by Gasteiger charge is -2.44.